The molecule has 2 amide bonds. The van der Waals surface area contributed by atoms with Crippen LogP contribution >= 0.6 is 0 Å². The zero-order valence-electron chi connectivity index (χ0n) is 10.2. The zero-order chi connectivity index (χ0) is 14.1. The van der Waals surface area contributed by atoms with Crippen molar-refractivity contribution >= 4 is 17.8 Å². The Kier molecular flexibility index (Phi) is 7.64. The molecular weight excluding hydrogens is 242 g/mol. The maximum atomic E-state index is 11.5. The van der Waals surface area contributed by atoms with E-state index in [0.29, 0.717) is 19.4 Å². The number of methoxy groups -OCH3 is 1. The van der Waals surface area contributed by atoms with Crippen molar-refractivity contribution in [2.24, 2.45) is 11.5 Å². The summed E-state index contributed by atoms with van der Waals surface area (Å²) in [5, 5.41) is 11.0. The molecule has 0 aromatic rings. The van der Waals surface area contributed by atoms with Gasteiger partial charge in [-0.3, -0.25) is 9.59 Å². The molecule has 0 rings (SSSR count). The lowest BCUT2D eigenvalue weighted by atomic mass is 10.1. The lowest BCUT2D eigenvalue weighted by Gasteiger charge is -2.16. The second-order valence-corrected chi connectivity index (χ2v) is 3.81. The summed E-state index contributed by atoms with van der Waals surface area (Å²) >= 11 is 0. The molecule has 0 fully saturated rings. The van der Waals surface area contributed by atoms with Gasteiger partial charge in [-0.15, -0.1) is 0 Å². The van der Waals surface area contributed by atoms with E-state index in [0.717, 1.165) is 0 Å². The molecule has 8 nitrogen and oxygen atoms in total. The fraction of sp³-hybridized carbons (Fsp3) is 0.700. The molecule has 0 aromatic carbocycles. The molecule has 0 aliphatic carbocycles. The molecule has 104 valence electrons. The lowest BCUT2D eigenvalue weighted by molar-refractivity contribution is -0.143. The number of carboxylic acids is 1. The largest absolute Gasteiger partial charge is 0.480 e. The molecule has 6 N–H and O–H groups in total. The molecule has 1 unspecified atom stereocenters. The fourth-order valence-corrected chi connectivity index (χ4v) is 1.26. The third kappa shape index (κ3) is 6.81. The van der Waals surface area contributed by atoms with E-state index in [9.17, 15) is 14.4 Å². The summed E-state index contributed by atoms with van der Waals surface area (Å²) < 4.78 is 4.80. The van der Waals surface area contributed by atoms with E-state index in [1.807, 2.05) is 0 Å². The topological polar surface area (TPSA) is 145 Å². The number of ether oxygens (including phenoxy) is 1. The average Bonchev–Trinajstić information content (AvgIpc) is 2.27. The van der Waals surface area contributed by atoms with Crippen LogP contribution in [-0.4, -0.2) is 48.7 Å². The number of nitrogens with one attached hydrogen (secondary N) is 1. The molecule has 18 heavy (non-hydrogen) atoms. The first-order chi connectivity index (χ1) is 8.38. The van der Waals surface area contributed by atoms with Gasteiger partial charge in [-0.2, -0.15) is 0 Å². The van der Waals surface area contributed by atoms with Crippen molar-refractivity contribution in [3.63, 3.8) is 0 Å². The Balaban J connectivity index is 4.23. The SMILES string of the molecule is COCCCC(N)C(=O)N[C@H](CC(N)=O)C(=O)O. The highest BCUT2D eigenvalue weighted by Gasteiger charge is 2.24. The van der Waals surface area contributed by atoms with E-state index in [1.165, 1.54) is 7.11 Å². The van der Waals surface area contributed by atoms with Gasteiger partial charge in [0.25, 0.3) is 0 Å². The number of carbonyl (C=O) groups is 3. The van der Waals surface area contributed by atoms with Crippen LogP contribution in [0.1, 0.15) is 19.3 Å². The Labute approximate surface area is 105 Å². The summed E-state index contributed by atoms with van der Waals surface area (Å²) in [6.07, 6.45) is 0.479. The number of nitrogens with two attached hydrogens (primary N) is 2. The summed E-state index contributed by atoms with van der Waals surface area (Å²) in [5.74, 6) is -2.76. The van der Waals surface area contributed by atoms with E-state index >= 15 is 0 Å². The summed E-state index contributed by atoms with van der Waals surface area (Å²) in [6.45, 7) is 0.463. The molecule has 0 aliphatic heterocycles. The van der Waals surface area contributed by atoms with Crippen molar-refractivity contribution in [1.82, 2.24) is 5.32 Å². The molecule has 0 saturated carbocycles. The molecule has 0 aliphatic rings. The van der Waals surface area contributed by atoms with E-state index in [-0.39, 0.29) is 0 Å². The van der Waals surface area contributed by atoms with Crippen molar-refractivity contribution in [3.05, 3.63) is 0 Å². The fourth-order valence-electron chi connectivity index (χ4n) is 1.26. The first kappa shape index (κ1) is 16.3. The van der Waals surface area contributed by atoms with Crippen LogP contribution in [0.4, 0.5) is 0 Å². The van der Waals surface area contributed by atoms with Crippen LogP contribution in [0.3, 0.4) is 0 Å². The number of hydrogen-bond acceptors (Lipinski definition) is 5. The van der Waals surface area contributed by atoms with Gasteiger partial charge in [0.05, 0.1) is 12.5 Å². The first-order valence-electron chi connectivity index (χ1n) is 5.44. The molecule has 0 spiro atoms. The van der Waals surface area contributed by atoms with Crippen molar-refractivity contribution in [2.45, 2.75) is 31.3 Å². The van der Waals surface area contributed by atoms with Gasteiger partial charge in [-0.05, 0) is 12.8 Å². The number of aliphatic carboxylic acids is 1. The minimum Gasteiger partial charge on any atom is -0.480 e. The van der Waals surface area contributed by atoms with Gasteiger partial charge >= 0.3 is 5.97 Å². The van der Waals surface area contributed by atoms with E-state index in [4.69, 9.17) is 21.3 Å². The summed E-state index contributed by atoms with van der Waals surface area (Å²) in [4.78, 5) is 32.9. The maximum absolute atomic E-state index is 11.5. The summed E-state index contributed by atoms with van der Waals surface area (Å²) in [7, 11) is 1.53. The average molecular weight is 261 g/mol. The molecule has 8 heteroatoms. The Morgan fingerprint density at radius 2 is 2.00 bits per heavy atom. The number of carboxylic acid groups (broad SMARTS) is 1. The van der Waals surface area contributed by atoms with Gasteiger partial charge in [-0.25, -0.2) is 4.79 Å². The molecule has 0 bridgehead atoms. The molecule has 0 aromatic heterocycles. The normalized spacial score (nSPS) is 13.7. The van der Waals surface area contributed by atoms with Crippen LogP contribution in [0.5, 0.6) is 0 Å². The second kappa shape index (κ2) is 8.43. The molecule has 2 atom stereocenters. The minimum absolute atomic E-state index is 0.364. The third-order valence-electron chi connectivity index (χ3n) is 2.22. The van der Waals surface area contributed by atoms with Gasteiger partial charge in [0, 0.05) is 13.7 Å². The highest BCUT2D eigenvalue weighted by molar-refractivity contribution is 5.89. The number of amides is 2. The molecular formula is C10H19N3O5. The Hall–Kier alpha value is -1.67. The van der Waals surface area contributed by atoms with Crippen molar-refractivity contribution in [3.8, 4) is 0 Å². The van der Waals surface area contributed by atoms with Gasteiger partial charge in [-0.1, -0.05) is 0 Å². The van der Waals surface area contributed by atoms with Crippen molar-refractivity contribution in [2.75, 3.05) is 13.7 Å². The van der Waals surface area contributed by atoms with Crippen LogP contribution < -0.4 is 16.8 Å². The van der Waals surface area contributed by atoms with E-state index < -0.39 is 36.3 Å². The zero-order valence-corrected chi connectivity index (χ0v) is 10.2. The third-order valence-corrected chi connectivity index (χ3v) is 2.22. The predicted octanol–water partition coefficient (Wildman–Crippen LogP) is -1.81. The van der Waals surface area contributed by atoms with Crippen LogP contribution in [-0.2, 0) is 19.1 Å². The van der Waals surface area contributed by atoms with Gasteiger partial charge in [0.2, 0.25) is 11.8 Å². The standard InChI is InChI=1S/C10H19N3O5/c1-18-4-2-3-6(11)9(15)13-7(10(16)17)5-8(12)14/h6-7H,2-5,11H2,1H3,(H2,12,14)(H,13,15)(H,16,17)/t6?,7-/m1/s1. The molecule has 0 heterocycles. The maximum Gasteiger partial charge on any atom is 0.326 e. The van der Waals surface area contributed by atoms with Crippen LogP contribution in [0, 0.1) is 0 Å². The van der Waals surface area contributed by atoms with E-state index in [1.54, 1.807) is 0 Å². The van der Waals surface area contributed by atoms with Gasteiger partial charge in [0.15, 0.2) is 0 Å². The second-order valence-electron chi connectivity index (χ2n) is 3.81. The van der Waals surface area contributed by atoms with Crippen molar-refractivity contribution < 1.29 is 24.2 Å². The van der Waals surface area contributed by atoms with Gasteiger partial charge < -0.3 is 26.6 Å². The predicted molar refractivity (Wildman–Crippen MR) is 62.5 cm³/mol. The Morgan fingerprint density at radius 3 is 2.44 bits per heavy atom. The van der Waals surface area contributed by atoms with E-state index in [2.05, 4.69) is 5.32 Å². The van der Waals surface area contributed by atoms with Crippen molar-refractivity contribution in [1.29, 1.82) is 0 Å². The Morgan fingerprint density at radius 1 is 1.39 bits per heavy atom. The molecule has 0 radical (unpaired) electrons. The van der Waals surface area contributed by atoms with Crippen LogP contribution in [0.15, 0.2) is 0 Å². The number of hydrogen-bond donors (Lipinski definition) is 4. The minimum atomic E-state index is -1.34. The molecule has 0 saturated heterocycles. The highest BCUT2D eigenvalue weighted by Crippen LogP contribution is 1.98. The van der Waals surface area contributed by atoms with Crippen LogP contribution in [0.2, 0.25) is 0 Å². The highest BCUT2D eigenvalue weighted by atomic mass is 16.5. The number of primary amides is 1. The first-order valence-corrected chi connectivity index (χ1v) is 5.44. The lowest BCUT2D eigenvalue weighted by Crippen LogP contribution is -2.49. The van der Waals surface area contributed by atoms with Gasteiger partial charge in [0.1, 0.15) is 6.04 Å². The summed E-state index contributed by atoms with van der Waals surface area (Å²) in [5.41, 5.74) is 10.4. The number of rotatable bonds is 9. The quantitative estimate of drug-likeness (QED) is 0.360. The number of carbonyl (C=O) groups excluding carboxylic acids is 2. The monoisotopic (exact) mass is 261 g/mol. The Bertz CT molecular complexity index is 308. The van der Waals surface area contributed by atoms with Crippen LogP contribution in [0.25, 0.3) is 0 Å². The smallest absolute Gasteiger partial charge is 0.326 e. The summed E-state index contributed by atoms with van der Waals surface area (Å²) in [6, 6.07) is -2.18.